The molecule has 2 nitrogen and oxygen atoms in total. The van der Waals surface area contributed by atoms with Crippen molar-refractivity contribution in [3.63, 3.8) is 0 Å². The molecule has 17 heavy (non-hydrogen) atoms. The van der Waals surface area contributed by atoms with Crippen LogP contribution in [0.2, 0.25) is 0 Å². The van der Waals surface area contributed by atoms with Gasteiger partial charge in [-0.2, -0.15) is 0 Å². The van der Waals surface area contributed by atoms with E-state index in [1.807, 2.05) is 0 Å². The van der Waals surface area contributed by atoms with Crippen LogP contribution in [-0.2, 0) is 0 Å². The van der Waals surface area contributed by atoms with Crippen LogP contribution in [0.15, 0.2) is 0 Å². The molecule has 0 bridgehead atoms. The van der Waals surface area contributed by atoms with Crippen molar-refractivity contribution in [2.24, 2.45) is 17.6 Å². The zero-order valence-electron chi connectivity index (χ0n) is 11.5. The van der Waals surface area contributed by atoms with E-state index >= 15 is 0 Å². The van der Waals surface area contributed by atoms with Gasteiger partial charge in [0.2, 0.25) is 0 Å². The molecule has 0 spiro atoms. The predicted molar refractivity (Wildman–Crippen MR) is 74.0 cm³/mol. The lowest BCUT2D eigenvalue weighted by molar-refractivity contribution is 0.104. The van der Waals surface area contributed by atoms with Crippen LogP contribution in [0, 0.1) is 11.8 Å². The van der Waals surface area contributed by atoms with Gasteiger partial charge in [-0.15, -0.1) is 0 Å². The molecule has 1 unspecified atom stereocenters. The van der Waals surface area contributed by atoms with Crippen molar-refractivity contribution in [2.45, 2.75) is 64.3 Å². The molecule has 1 saturated heterocycles. The molecule has 0 aromatic heterocycles. The summed E-state index contributed by atoms with van der Waals surface area (Å²) >= 11 is 0. The van der Waals surface area contributed by atoms with Crippen molar-refractivity contribution in [2.75, 3.05) is 19.6 Å². The van der Waals surface area contributed by atoms with Crippen LogP contribution < -0.4 is 5.73 Å². The summed E-state index contributed by atoms with van der Waals surface area (Å²) in [5.74, 6) is 1.79. The van der Waals surface area contributed by atoms with Crippen LogP contribution in [0.4, 0.5) is 0 Å². The Kier molecular flexibility index (Phi) is 5.30. The molecule has 2 aliphatic rings. The molecule has 2 fully saturated rings. The number of nitrogens with two attached hydrogens (primary N) is 1. The van der Waals surface area contributed by atoms with Crippen molar-refractivity contribution in [1.29, 1.82) is 0 Å². The second-order valence-corrected chi connectivity index (χ2v) is 6.18. The van der Waals surface area contributed by atoms with Gasteiger partial charge >= 0.3 is 0 Å². The molecule has 1 aliphatic heterocycles. The Labute approximate surface area is 107 Å². The van der Waals surface area contributed by atoms with E-state index in [0.29, 0.717) is 0 Å². The van der Waals surface area contributed by atoms with Crippen molar-refractivity contribution in [1.82, 2.24) is 4.90 Å². The highest BCUT2D eigenvalue weighted by Gasteiger charge is 2.26. The smallest absolute Gasteiger partial charge is 0.00927 e. The maximum atomic E-state index is 5.77. The number of rotatable bonds is 4. The lowest BCUT2D eigenvalue weighted by Gasteiger charge is -2.39. The van der Waals surface area contributed by atoms with Crippen molar-refractivity contribution in [3.8, 4) is 0 Å². The first-order chi connectivity index (χ1) is 8.33. The number of nitrogens with zero attached hydrogens (tertiary/aromatic N) is 1. The second kappa shape index (κ2) is 6.75. The normalized spacial score (nSPS) is 36.0. The van der Waals surface area contributed by atoms with Gasteiger partial charge in [0, 0.05) is 12.6 Å². The Hall–Kier alpha value is -0.0800. The third kappa shape index (κ3) is 3.69. The zero-order valence-corrected chi connectivity index (χ0v) is 11.5. The van der Waals surface area contributed by atoms with Gasteiger partial charge in [0.05, 0.1) is 0 Å². The van der Waals surface area contributed by atoms with Crippen molar-refractivity contribution >= 4 is 0 Å². The van der Waals surface area contributed by atoms with Gasteiger partial charge in [-0.3, -0.25) is 0 Å². The Balaban J connectivity index is 1.76. The fourth-order valence-corrected chi connectivity index (χ4v) is 3.74. The first-order valence-electron chi connectivity index (χ1n) is 7.77. The predicted octanol–water partition coefficient (Wildman–Crippen LogP) is 3.02. The molecule has 0 aromatic carbocycles. The summed E-state index contributed by atoms with van der Waals surface area (Å²) in [6.07, 6.45) is 11.3. The molecule has 0 aromatic rings. The van der Waals surface area contributed by atoms with E-state index in [-0.39, 0.29) is 0 Å². The fourth-order valence-electron chi connectivity index (χ4n) is 3.74. The maximum Gasteiger partial charge on any atom is 0.00927 e. The average Bonchev–Trinajstić information content (AvgIpc) is 2.40. The summed E-state index contributed by atoms with van der Waals surface area (Å²) in [7, 11) is 0. The summed E-state index contributed by atoms with van der Waals surface area (Å²) in [6, 6.07) is 0.885. The third-order valence-corrected chi connectivity index (χ3v) is 5.01. The third-order valence-electron chi connectivity index (χ3n) is 5.01. The molecule has 2 rings (SSSR count). The molecule has 100 valence electrons. The van der Waals surface area contributed by atoms with Crippen molar-refractivity contribution < 1.29 is 0 Å². The Morgan fingerprint density at radius 3 is 2.35 bits per heavy atom. The summed E-state index contributed by atoms with van der Waals surface area (Å²) in [5.41, 5.74) is 5.77. The van der Waals surface area contributed by atoms with Gasteiger partial charge in [-0.25, -0.2) is 0 Å². The molecule has 2 N–H and O–H groups in total. The lowest BCUT2D eigenvalue weighted by atomic mass is 9.81. The molecule has 1 saturated carbocycles. The molecule has 2 heteroatoms. The van der Waals surface area contributed by atoms with Gasteiger partial charge in [-0.05, 0) is 69.9 Å². The Bertz CT molecular complexity index is 209. The summed E-state index contributed by atoms with van der Waals surface area (Å²) in [5, 5.41) is 0. The zero-order chi connectivity index (χ0) is 12.1. The van der Waals surface area contributed by atoms with E-state index in [9.17, 15) is 0 Å². The highest BCUT2D eigenvalue weighted by molar-refractivity contribution is 4.81. The number of hydrogen-bond acceptors (Lipinski definition) is 2. The van der Waals surface area contributed by atoms with Crippen LogP contribution in [0.3, 0.4) is 0 Å². The van der Waals surface area contributed by atoms with E-state index in [0.717, 1.165) is 24.4 Å². The summed E-state index contributed by atoms with van der Waals surface area (Å²) in [6.45, 7) is 5.99. The van der Waals surface area contributed by atoms with E-state index in [4.69, 9.17) is 5.73 Å². The van der Waals surface area contributed by atoms with Gasteiger partial charge in [0.15, 0.2) is 0 Å². The Morgan fingerprint density at radius 2 is 1.71 bits per heavy atom. The summed E-state index contributed by atoms with van der Waals surface area (Å²) < 4.78 is 0. The van der Waals surface area contributed by atoms with Gasteiger partial charge in [0.1, 0.15) is 0 Å². The van der Waals surface area contributed by atoms with Crippen LogP contribution in [0.5, 0.6) is 0 Å². The monoisotopic (exact) mass is 238 g/mol. The first-order valence-corrected chi connectivity index (χ1v) is 7.77. The minimum atomic E-state index is 0.828. The molecular formula is C15H30N2. The van der Waals surface area contributed by atoms with Crippen LogP contribution >= 0.6 is 0 Å². The fraction of sp³-hybridized carbons (Fsp3) is 1.00. The van der Waals surface area contributed by atoms with E-state index in [1.165, 1.54) is 64.5 Å². The average molecular weight is 238 g/mol. The maximum absolute atomic E-state index is 5.77. The molecule has 1 heterocycles. The molecule has 0 radical (unpaired) electrons. The quantitative estimate of drug-likeness (QED) is 0.816. The standard InChI is InChI=1S/C15H30N2/c1-2-15-5-3-4-10-17(15)12-14-8-6-13(11-16)7-9-14/h13-15H,2-12,16H2,1H3. The molecular weight excluding hydrogens is 208 g/mol. The number of likely N-dealkylation sites (tertiary alicyclic amines) is 1. The highest BCUT2D eigenvalue weighted by atomic mass is 15.2. The van der Waals surface area contributed by atoms with Crippen molar-refractivity contribution in [3.05, 3.63) is 0 Å². The SMILES string of the molecule is CCC1CCCCN1CC1CCC(CN)CC1. The van der Waals surface area contributed by atoms with Gasteiger partial charge in [-0.1, -0.05) is 13.3 Å². The summed E-state index contributed by atoms with van der Waals surface area (Å²) in [4.78, 5) is 2.79. The second-order valence-electron chi connectivity index (χ2n) is 6.18. The largest absolute Gasteiger partial charge is 0.330 e. The van der Waals surface area contributed by atoms with Crippen LogP contribution in [0.1, 0.15) is 58.3 Å². The topological polar surface area (TPSA) is 29.3 Å². The van der Waals surface area contributed by atoms with Crippen LogP contribution in [-0.4, -0.2) is 30.6 Å². The van der Waals surface area contributed by atoms with E-state index < -0.39 is 0 Å². The minimum absolute atomic E-state index is 0.828. The van der Waals surface area contributed by atoms with E-state index in [2.05, 4.69) is 11.8 Å². The van der Waals surface area contributed by atoms with Gasteiger partial charge in [0.25, 0.3) is 0 Å². The lowest BCUT2D eigenvalue weighted by Crippen LogP contribution is -2.42. The highest BCUT2D eigenvalue weighted by Crippen LogP contribution is 2.30. The Morgan fingerprint density at radius 1 is 1.00 bits per heavy atom. The first kappa shape index (κ1) is 13.4. The van der Waals surface area contributed by atoms with Crippen LogP contribution in [0.25, 0.3) is 0 Å². The molecule has 1 aliphatic carbocycles. The number of hydrogen-bond donors (Lipinski definition) is 1. The van der Waals surface area contributed by atoms with E-state index in [1.54, 1.807) is 0 Å². The van der Waals surface area contributed by atoms with Gasteiger partial charge < -0.3 is 10.6 Å². The molecule has 1 atom stereocenters. The minimum Gasteiger partial charge on any atom is -0.330 e. The molecule has 0 amide bonds. The number of piperidine rings is 1.